The van der Waals surface area contributed by atoms with Crippen molar-refractivity contribution in [1.82, 2.24) is 20.0 Å². The van der Waals surface area contributed by atoms with Crippen LogP contribution in [0.25, 0.3) is 5.69 Å². The number of thioether (sulfide) groups is 1. The van der Waals surface area contributed by atoms with Gasteiger partial charge in [-0.25, -0.2) is 4.68 Å². The molecule has 0 bridgehead atoms. The third-order valence-electron chi connectivity index (χ3n) is 5.22. The fourth-order valence-electron chi connectivity index (χ4n) is 3.70. The summed E-state index contributed by atoms with van der Waals surface area (Å²) in [6, 6.07) is 19.5. The van der Waals surface area contributed by atoms with E-state index in [0.29, 0.717) is 22.1 Å². The summed E-state index contributed by atoms with van der Waals surface area (Å²) in [5.41, 5.74) is 5.28. The fourth-order valence-corrected chi connectivity index (χ4v) is 5.40. The average molecular weight is 459 g/mol. The van der Waals surface area contributed by atoms with Crippen LogP contribution in [-0.4, -0.2) is 25.9 Å². The molecule has 5 rings (SSSR count). The van der Waals surface area contributed by atoms with Crippen molar-refractivity contribution in [2.24, 2.45) is 0 Å². The number of carbonyl (C=O) groups excluding carboxylic acids is 1. The maximum Gasteiger partial charge on any atom is 0.278 e. The third-order valence-corrected chi connectivity index (χ3v) is 7.26. The molecule has 1 aliphatic carbocycles. The Hall–Kier alpha value is -3.48. The molecular formula is C23H18N6OS2. The van der Waals surface area contributed by atoms with E-state index in [-0.39, 0.29) is 5.91 Å². The lowest BCUT2D eigenvalue weighted by Gasteiger charge is -2.04. The highest BCUT2D eigenvalue weighted by atomic mass is 32.2. The second kappa shape index (κ2) is 8.94. The van der Waals surface area contributed by atoms with Crippen LogP contribution in [0.4, 0.5) is 5.13 Å². The van der Waals surface area contributed by atoms with Crippen molar-refractivity contribution >= 4 is 34.1 Å². The zero-order valence-corrected chi connectivity index (χ0v) is 18.6. The molecule has 0 spiro atoms. The minimum Gasteiger partial charge on any atom is -0.295 e. The van der Waals surface area contributed by atoms with Gasteiger partial charge >= 0.3 is 0 Å². The van der Waals surface area contributed by atoms with Crippen LogP contribution in [0.2, 0.25) is 0 Å². The van der Waals surface area contributed by atoms with E-state index >= 15 is 0 Å². The Balaban J connectivity index is 1.28. The highest BCUT2D eigenvalue weighted by Gasteiger charge is 2.27. The zero-order chi connectivity index (χ0) is 21.9. The lowest BCUT2D eigenvalue weighted by atomic mass is 10.2. The second-order valence-corrected chi connectivity index (χ2v) is 9.50. The Bertz CT molecular complexity index is 1300. The molecule has 2 aromatic carbocycles. The van der Waals surface area contributed by atoms with Gasteiger partial charge in [0.25, 0.3) is 5.91 Å². The van der Waals surface area contributed by atoms with Crippen molar-refractivity contribution in [2.75, 3.05) is 5.32 Å². The van der Waals surface area contributed by atoms with E-state index in [1.807, 2.05) is 47.1 Å². The van der Waals surface area contributed by atoms with E-state index in [1.54, 1.807) is 23.9 Å². The topological polar surface area (TPSA) is 96.5 Å². The van der Waals surface area contributed by atoms with Crippen LogP contribution < -0.4 is 5.32 Å². The number of rotatable bonds is 6. The predicted molar refractivity (Wildman–Crippen MR) is 124 cm³/mol. The maximum atomic E-state index is 13.0. The van der Waals surface area contributed by atoms with Crippen molar-refractivity contribution in [3.05, 3.63) is 82.7 Å². The van der Waals surface area contributed by atoms with Gasteiger partial charge in [-0.15, -0.1) is 10.2 Å². The maximum absolute atomic E-state index is 13.0. The second-order valence-electron chi connectivity index (χ2n) is 7.30. The van der Waals surface area contributed by atoms with Crippen molar-refractivity contribution in [3.63, 3.8) is 0 Å². The van der Waals surface area contributed by atoms with Crippen molar-refractivity contribution < 1.29 is 4.79 Å². The summed E-state index contributed by atoms with van der Waals surface area (Å²) in [6.07, 6.45) is 2.79. The number of hydrogen-bond donors (Lipinski definition) is 1. The molecule has 0 saturated carbocycles. The number of hydrogen-bond acceptors (Lipinski definition) is 7. The summed E-state index contributed by atoms with van der Waals surface area (Å²) < 4.78 is 2.65. The van der Waals surface area contributed by atoms with E-state index in [1.165, 1.54) is 11.3 Å². The number of nitrogens with one attached hydrogen (secondary N) is 1. The largest absolute Gasteiger partial charge is 0.295 e. The number of nitriles is 1. The Morgan fingerprint density at radius 3 is 2.72 bits per heavy atom. The first-order chi connectivity index (χ1) is 15.7. The summed E-state index contributed by atoms with van der Waals surface area (Å²) in [5.74, 6) is 0.459. The van der Waals surface area contributed by atoms with Crippen molar-refractivity contribution in [2.45, 2.75) is 29.4 Å². The van der Waals surface area contributed by atoms with Gasteiger partial charge in [0.1, 0.15) is 0 Å². The van der Waals surface area contributed by atoms with Crippen LogP contribution in [0.3, 0.4) is 0 Å². The fraction of sp³-hybridized carbons (Fsp3) is 0.174. The van der Waals surface area contributed by atoms with E-state index in [0.717, 1.165) is 46.1 Å². The molecule has 0 atom stereocenters. The number of carbonyl (C=O) groups is 1. The summed E-state index contributed by atoms with van der Waals surface area (Å²) in [7, 11) is 0. The minimum atomic E-state index is -0.252. The Morgan fingerprint density at radius 2 is 1.94 bits per heavy atom. The van der Waals surface area contributed by atoms with Gasteiger partial charge in [-0.1, -0.05) is 53.4 Å². The summed E-state index contributed by atoms with van der Waals surface area (Å²) in [4.78, 5) is 13.0. The molecule has 9 heteroatoms. The monoisotopic (exact) mass is 458 g/mol. The van der Waals surface area contributed by atoms with E-state index < -0.39 is 0 Å². The first-order valence-corrected chi connectivity index (χ1v) is 11.9. The molecule has 1 aliphatic rings. The molecule has 0 radical (unpaired) electrons. The van der Waals surface area contributed by atoms with Gasteiger partial charge in [-0.2, -0.15) is 10.4 Å². The van der Waals surface area contributed by atoms with Gasteiger partial charge in [0.2, 0.25) is 5.13 Å². The van der Waals surface area contributed by atoms with Gasteiger partial charge in [0.15, 0.2) is 10.0 Å². The SMILES string of the molecule is N#Cc1ccc(CSc2nnc(NC(=O)c3nn(-c4ccccc4)c4c3CCC4)s2)cc1. The molecule has 2 heterocycles. The number of anilines is 1. The smallest absolute Gasteiger partial charge is 0.278 e. The highest BCUT2D eigenvalue weighted by Crippen LogP contribution is 2.31. The lowest BCUT2D eigenvalue weighted by molar-refractivity contribution is 0.102. The third kappa shape index (κ3) is 4.15. The Kier molecular flexibility index (Phi) is 5.71. The van der Waals surface area contributed by atoms with Gasteiger partial charge < -0.3 is 0 Å². The first-order valence-electron chi connectivity index (χ1n) is 10.1. The number of aromatic nitrogens is 4. The van der Waals surface area contributed by atoms with Crippen LogP contribution in [-0.2, 0) is 18.6 Å². The summed E-state index contributed by atoms with van der Waals surface area (Å²) in [5, 5.41) is 25.1. The van der Waals surface area contributed by atoms with Crippen molar-refractivity contribution in [1.29, 1.82) is 5.26 Å². The molecule has 7 nitrogen and oxygen atoms in total. The molecule has 1 amide bonds. The van der Waals surface area contributed by atoms with Gasteiger partial charge in [-0.3, -0.25) is 10.1 Å². The van der Waals surface area contributed by atoms with Crippen molar-refractivity contribution in [3.8, 4) is 11.8 Å². The average Bonchev–Trinajstić information content (AvgIpc) is 3.55. The lowest BCUT2D eigenvalue weighted by Crippen LogP contribution is -2.14. The molecule has 32 heavy (non-hydrogen) atoms. The standard InChI is InChI=1S/C23H18N6OS2/c24-13-15-9-11-16(12-10-15)14-31-23-27-26-22(32-23)25-21(30)20-18-7-4-8-19(18)29(28-20)17-5-2-1-3-6-17/h1-3,5-6,9-12H,4,7-8,14H2,(H,25,26,30). The summed E-state index contributed by atoms with van der Waals surface area (Å²) in [6.45, 7) is 0. The molecule has 0 aliphatic heterocycles. The summed E-state index contributed by atoms with van der Waals surface area (Å²) >= 11 is 2.88. The predicted octanol–water partition coefficient (Wildman–Crippen LogP) is 4.63. The number of para-hydroxylation sites is 1. The number of amides is 1. The van der Waals surface area contributed by atoms with Gasteiger partial charge in [-0.05, 0) is 49.1 Å². The van der Waals surface area contributed by atoms with Crippen LogP contribution in [0, 0.1) is 11.3 Å². The van der Waals surface area contributed by atoms with Gasteiger partial charge in [0, 0.05) is 17.0 Å². The molecule has 0 fully saturated rings. The zero-order valence-electron chi connectivity index (χ0n) is 17.0. The van der Waals surface area contributed by atoms with E-state index in [2.05, 4.69) is 26.7 Å². The van der Waals surface area contributed by atoms with Crippen LogP contribution in [0.1, 0.15) is 39.3 Å². The Labute approximate surface area is 193 Å². The normalized spacial score (nSPS) is 12.3. The molecule has 4 aromatic rings. The molecule has 158 valence electrons. The number of fused-ring (bicyclic) bond motifs is 1. The number of nitrogens with zero attached hydrogens (tertiary/aromatic N) is 5. The highest BCUT2D eigenvalue weighted by molar-refractivity contribution is 8.00. The van der Waals surface area contributed by atoms with E-state index in [4.69, 9.17) is 5.26 Å². The van der Waals surface area contributed by atoms with Gasteiger partial charge in [0.05, 0.1) is 17.3 Å². The molecular weight excluding hydrogens is 440 g/mol. The van der Waals surface area contributed by atoms with E-state index in [9.17, 15) is 4.79 Å². The van der Waals surface area contributed by atoms with Crippen LogP contribution in [0.15, 0.2) is 58.9 Å². The Morgan fingerprint density at radius 1 is 1.12 bits per heavy atom. The quantitative estimate of drug-likeness (QED) is 0.334. The van der Waals surface area contributed by atoms with Crippen LogP contribution >= 0.6 is 23.1 Å². The first kappa shape index (κ1) is 20.4. The molecule has 1 N–H and O–H groups in total. The minimum absolute atomic E-state index is 0.252. The molecule has 2 aromatic heterocycles. The molecule has 0 saturated heterocycles. The number of benzene rings is 2. The molecule has 0 unspecified atom stereocenters. The van der Waals surface area contributed by atoms with Crippen LogP contribution in [0.5, 0.6) is 0 Å².